The molecule has 19 heavy (non-hydrogen) atoms. The monoisotopic (exact) mass is 264 g/mol. The lowest BCUT2D eigenvalue weighted by Crippen LogP contribution is -2.13. The van der Waals surface area contributed by atoms with Gasteiger partial charge in [-0.05, 0) is 43.4 Å². The first-order valence-corrected chi connectivity index (χ1v) is 6.28. The lowest BCUT2D eigenvalue weighted by atomic mass is 9.96. The fourth-order valence-electron chi connectivity index (χ4n) is 1.91. The van der Waals surface area contributed by atoms with E-state index in [9.17, 15) is 9.18 Å². The molecule has 0 amide bonds. The quantitative estimate of drug-likeness (QED) is 0.449. The molecule has 0 saturated carbocycles. The van der Waals surface area contributed by atoms with E-state index in [-0.39, 0.29) is 0 Å². The van der Waals surface area contributed by atoms with Crippen LogP contribution in [0.4, 0.5) is 4.39 Å². The third kappa shape index (κ3) is 4.51. The molecule has 0 bridgehead atoms. The Bertz CT molecular complexity index is 499. The van der Waals surface area contributed by atoms with Gasteiger partial charge in [-0.2, -0.15) is 4.39 Å². The van der Waals surface area contributed by atoms with Crippen LogP contribution in [0.2, 0.25) is 0 Å². The molecule has 0 saturated heterocycles. The zero-order valence-electron chi connectivity index (χ0n) is 12.4. The van der Waals surface area contributed by atoms with E-state index in [0.717, 1.165) is 16.7 Å². The molecular weight excluding hydrogens is 243 g/mol. The first-order chi connectivity index (χ1) is 8.60. The first-order valence-electron chi connectivity index (χ1n) is 6.28. The fraction of sp³-hybridized carbons (Fsp3) is 0.438. The van der Waals surface area contributed by atoms with Crippen molar-refractivity contribution in [3.63, 3.8) is 0 Å². The summed E-state index contributed by atoms with van der Waals surface area (Å²) >= 11 is 0. The molecule has 0 aliphatic heterocycles. The van der Waals surface area contributed by atoms with E-state index in [1.54, 1.807) is 0 Å². The van der Waals surface area contributed by atoms with E-state index in [4.69, 9.17) is 4.74 Å². The molecule has 1 aromatic carbocycles. The normalized spacial score (nSPS) is 12.5. The van der Waals surface area contributed by atoms with Crippen molar-refractivity contribution in [3.8, 4) is 5.75 Å². The standard InChI is InChI=1S/C16H21FO2/c1-10-7-11(2)14(12(3)8-10)19-15(18)13(17)9-16(4,5)6/h7-9H,1-6H3/b13-9-. The van der Waals surface area contributed by atoms with E-state index in [1.807, 2.05) is 53.7 Å². The molecular formula is C16H21FO2. The molecule has 2 nitrogen and oxygen atoms in total. The van der Waals surface area contributed by atoms with Gasteiger partial charge in [0.05, 0.1) is 0 Å². The molecule has 0 fully saturated rings. The van der Waals surface area contributed by atoms with Crippen molar-refractivity contribution in [2.24, 2.45) is 5.41 Å². The van der Waals surface area contributed by atoms with Crippen LogP contribution in [-0.2, 0) is 4.79 Å². The highest BCUT2D eigenvalue weighted by molar-refractivity contribution is 5.88. The molecule has 1 rings (SSSR count). The van der Waals surface area contributed by atoms with Crippen molar-refractivity contribution in [2.75, 3.05) is 0 Å². The molecule has 0 spiro atoms. The van der Waals surface area contributed by atoms with Gasteiger partial charge in [0.25, 0.3) is 0 Å². The summed E-state index contributed by atoms with van der Waals surface area (Å²) < 4.78 is 18.9. The highest BCUT2D eigenvalue weighted by Crippen LogP contribution is 2.26. The highest BCUT2D eigenvalue weighted by Gasteiger charge is 2.18. The minimum atomic E-state index is -0.940. The number of ether oxygens (including phenoxy) is 1. The summed E-state index contributed by atoms with van der Waals surface area (Å²) in [5, 5.41) is 0. The molecule has 104 valence electrons. The maximum atomic E-state index is 13.7. The van der Waals surface area contributed by atoms with Crippen LogP contribution in [0.25, 0.3) is 0 Å². The number of carbonyl (C=O) groups excluding carboxylic acids is 1. The van der Waals surface area contributed by atoms with Crippen LogP contribution in [0.1, 0.15) is 37.5 Å². The van der Waals surface area contributed by atoms with Crippen molar-refractivity contribution < 1.29 is 13.9 Å². The van der Waals surface area contributed by atoms with Gasteiger partial charge >= 0.3 is 5.97 Å². The molecule has 0 unspecified atom stereocenters. The average molecular weight is 264 g/mol. The van der Waals surface area contributed by atoms with Gasteiger partial charge in [0, 0.05) is 0 Å². The van der Waals surface area contributed by atoms with Gasteiger partial charge in [-0.3, -0.25) is 0 Å². The fourth-order valence-corrected chi connectivity index (χ4v) is 1.91. The van der Waals surface area contributed by atoms with Crippen molar-refractivity contribution >= 4 is 5.97 Å². The molecule has 0 aromatic heterocycles. The number of halogens is 1. The van der Waals surface area contributed by atoms with Crippen LogP contribution in [0.15, 0.2) is 24.0 Å². The van der Waals surface area contributed by atoms with Crippen LogP contribution in [0.5, 0.6) is 5.75 Å². The van der Waals surface area contributed by atoms with E-state index < -0.39 is 17.2 Å². The van der Waals surface area contributed by atoms with Gasteiger partial charge in [0.1, 0.15) is 5.75 Å². The molecule has 3 heteroatoms. The Kier molecular flexibility index (Phi) is 4.51. The number of benzene rings is 1. The van der Waals surface area contributed by atoms with E-state index >= 15 is 0 Å². The average Bonchev–Trinajstić information content (AvgIpc) is 2.20. The number of aryl methyl sites for hydroxylation is 3. The SMILES string of the molecule is Cc1cc(C)c(OC(=O)/C(F)=C/C(C)(C)C)c(C)c1. The second kappa shape index (κ2) is 5.55. The molecule has 1 aromatic rings. The van der Waals surface area contributed by atoms with Gasteiger partial charge in [0.15, 0.2) is 0 Å². The Labute approximate surface area is 114 Å². The minimum Gasteiger partial charge on any atom is -0.421 e. The Morgan fingerprint density at radius 1 is 1.16 bits per heavy atom. The molecule has 0 radical (unpaired) electrons. The predicted molar refractivity (Wildman–Crippen MR) is 74.9 cm³/mol. The lowest BCUT2D eigenvalue weighted by Gasteiger charge is -2.13. The second-order valence-corrected chi connectivity index (χ2v) is 5.98. The zero-order valence-corrected chi connectivity index (χ0v) is 12.4. The van der Waals surface area contributed by atoms with Gasteiger partial charge in [-0.15, -0.1) is 0 Å². The Balaban J connectivity index is 2.99. The molecule has 0 atom stereocenters. The van der Waals surface area contributed by atoms with E-state index in [0.29, 0.717) is 5.75 Å². The smallest absolute Gasteiger partial charge is 0.372 e. The number of esters is 1. The highest BCUT2D eigenvalue weighted by atomic mass is 19.1. The maximum absolute atomic E-state index is 13.7. The summed E-state index contributed by atoms with van der Waals surface area (Å²) in [5.74, 6) is -1.36. The van der Waals surface area contributed by atoms with Gasteiger partial charge < -0.3 is 4.74 Å². The van der Waals surface area contributed by atoms with Gasteiger partial charge in [0.2, 0.25) is 5.83 Å². The lowest BCUT2D eigenvalue weighted by molar-refractivity contribution is -0.131. The van der Waals surface area contributed by atoms with Crippen LogP contribution < -0.4 is 4.74 Å². The van der Waals surface area contributed by atoms with Crippen LogP contribution in [0.3, 0.4) is 0 Å². The van der Waals surface area contributed by atoms with Gasteiger partial charge in [-0.1, -0.05) is 38.5 Å². The number of carbonyl (C=O) groups is 1. The van der Waals surface area contributed by atoms with E-state index in [1.165, 1.54) is 6.08 Å². The molecule has 0 N–H and O–H groups in total. The third-order valence-electron chi connectivity index (χ3n) is 2.55. The van der Waals surface area contributed by atoms with Gasteiger partial charge in [-0.25, -0.2) is 4.79 Å². The van der Waals surface area contributed by atoms with Crippen molar-refractivity contribution in [3.05, 3.63) is 40.7 Å². The number of hydrogen-bond acceptors (Lipinski definition) is 2. The summed E-state index contributed by atoms with van der Waals surface area (Å²) in [6, 6.07) is 3.81. The Morgan fingerprint density at radius 2 is 1.63 bits per heavy atom. The number of hydrogen-bond donors (Lipinski definition) is 0. The van der Waals surface area contributed by atoms with Crippen LogP contribution in [0, 0.1) is 26.2 Å². The van der Waals surface area contributed by atoms with Crippen molar-refractivity contribution in [1.29, 1.82) is 0 Å². The maximum Gasteiger partial charge on any atom is 0.372 e. The Hall–Kier alpha value is -1.64. The second-order valence-electron chi connectivity index (χ2n) is 5.98. The summed E-state index contributed by atoms with van der Waals surface area (Å²) in [6.45, 7) is 11.1. The largest absolute Gasteiger partial charge is 0.421 e. The number of rotatable bonds is 2. The predicted octanol–water partition coefficient (Wildman–Crippen LogP) is 4.42. The topological polar surface area (TPSA) is 26.3 Å². The molecule has 0 heterocycles. The first kappa shape index (κ1) is 15.4. The summed E-state index contributed by atoms with van der Waals surface area (Å²) in [4.78, 5) is 11.7. The zero-order chi connectivity index (χ0) is 14.8. The third-order valence-corrected chi connectivity index (χ3v) is 2.55. The number of allylic oxidation sites excluding steroid dienone is 1. The minimum absolute atomic E-state index is 0.402. The van der Waals surface area contributed by atoms with Crippen LogP contribution in [-0.4, -0.2) is 5.97 Å². The Morgan fingerprint density at radius 3 is 2.05 bits per heavy atom. The summed E-state index contributed by atoms with van der Waals surface area (Å²) in [7, 11) is 0. The summed E-state index contributed by atoms with van der Waals surface area (Å²) in [6.07, 6.45) is 1.27. The summed E-state index contributed by atoms with van der Waals surface area (Å²) in [5.41, 5.74) is 2.34. The van der Waals surface area contributed by atoms with Crippen molar-refractivity contribution in [2.45, 2.75) is 41.5 Å². The molecule has 0 aliphatic rings. The van der Waals surface area contributed by atoms with Crippen molar-refractivity contribution in [1.82, 2.24) is 0 Å². The van der Waals surface area contributed by atoms with Crippen LogP contribution >= 0.6 is 0 Å². The molecule has 0 aliphatic carbocycles. The van der Waals surface area contributed by atoms with E-state index in [2.05, 4.69) is 0 Å².